The summed E-state index contributed by atoms with van der Waals surface area (Å²) in [6, 6.07) is 5.13. The molecule has 3 aliphatic rings. The molecule has 11 heteroatoms. The van der Waals surface area contributed by atoms with Gasteiger partial charge in [0.2, 0.25) is 5.91 Å². The predicted octanol–water partition coefficient (Wildman–Crippen LogP) is 3.29. The first-order chi connectivity index (χ1) is 15.2. The Morgan fingerprint density at radius 1 is 1.00 bits per heavy atom. The molecule has 186 valence electrons. The number of carbonyl (C=O) groups excluding carboxylic acids is 1. The Morgan fingerprint density at radius 2 is 1.67 bits per heavy atom. The first kappa shape index (κ1) is 27.0. The molecule has 1 saturated carbocycles. The van der Waals surface area contributed by atoms with Gasteiger partial charge >= 0.3 is 0 Å². The van der Waals surface area contributed by atoms with Crippen molar-refractivity contribution in [1.29, 1.82) is 0 Å². The Hall–Kier alpha value is -0.610. The molecule has 33 heavy (non-hydrogen) atoms. The standard InChI is InChI=1S/C22H32Cl2N4O3S.ClH/c1-25(2)32(30,31)28-13-12-27(21(29)15-16-8-9-17(23)18(24)14-16)22-19(6-5-7-20(22)28)26-10-3-4-11-26;/h8-9,14,19-20,22H,3-7,10-13,15H2,1-2H3;1H/t19-,20-,22+;/m0./s1. The summed E-state index contributed by atoms with van der Waals surface area (Å²) in [4.78, 5) is 18.0. The zero-order valence-electron chi connectivity index (χ0n) is 19.1. The maximum absolute atomic E-state index is 13.5. The molecule has 1 aromatic rings. The maximum atomic E-state index is 13.5. The van der Waals surface area contributed by atoms with E-state index in [0.29, 0.717) is 23.1 Å². The van der Waals surface area contributed by atoms with E-state index in [-0.39, 0.29) is 42.9 Å². The average Bonchev–Trinajstić information content (AvgIpc) is 3.29. The first-order valence-electron chi connectivity index (χ1n) is 11.4. The number of halogens is 3. The number of rotatable bonds is 5. The Bertz CT molecular complexity index is 956. The monoisotopic (exact) mass is 538 g/mol. The number of benzene rings is 1. The minimum absolute atomic E-state index is 0. The Kier molecular flexibility index (Phi) is 8.98. The highest BCUT2D eigenvalue weighted by Crippen LogP contribution is 2.36. The van der Waals surface area contributed by atoms with Gasteiger partial charge in [-0.25, -0.2) is 0 Å². The van der Waals surface area contributed by atoms with Crippen LogP contribution < -0.4 is 0 Å². The molecular formula is C22H33Cl3N4O3S. The topological polar surface area (TPSA) is 64.2 Å². The summed E-state index contributed by atoms with van der Waals surface area (Å²) in [5.41, 5.74) is 0.817. The van der Waals surface area contributed by atoms with Crippen LogP contribution in [0.4, 0.5) is 0 Å². The van der Waals surface area contributed by atoms with E-state index in [1.807, 2.05) is 11.0 Å². The minimum atomic E-state index is -3.56. The molecule has 3 atom stereocenters. The largest absolute Gasteiger partial charge is 0.335 e. The van der Waals surface area contributed by atoms with Crippen molar-refractivity contribution >= 4 is 51.7 Å². The van der Waals surface area contributed by atoms with Crippen molar-refractivity contribution in [3.63, 3.8) is 0 Å². The molecule has 2 heterocycles. The second-order valence-corrected chi connectivity index (χ2v) is 12.1. The van der Waals surface area contributed by atoms with Crippen LogP contribution in [-0.2, 0) is 21.4 Å². The van der Waals surface area contributed by atoms with Gasteiger partial charge in [-0.15, -0.1) is 12.4 Å². The van der Waals surface area contributed by atoms with E-state index in [0.717, 1.165) is 50.8 Å². The number of carbonyl (C=O) groups is 1. The zero-order chi connectivity index (χ0) is 23.0. The van der Waals surface area contributed by atoms with Crippen molar-refractivity contribution < 1.29 is 13.2 Å². The number of hydrogen-bond acceptors (Lipinski definition) is 4. The van der Waals surface area contributed by atoms with Crippen molar-refractivity contribution in [2.75, 3.05) is 40.3 Å². The maximum Gasteiger partial charge on any atom is 0.281 e. The lowest BCUT2D eigenvalue weighted by atomic mass is 9.82. The summed E-state index contributed by atoms with van der Waals surface area (Å²) < 4.78 is 29.2. The molecule has 3 fully saturated rings. The van der Waals surface area contributed by atoms with Gasteiger partial charge in [0.15, 0.2) is 0 Å². The fourth-order valence-electron chi connectivity index (χ4n) is 5.57. The van der Waals surface area contributed by atoms with E-state index in [9.17, 15) is 13.2 Å². The van der Waals surface area contributed by atoms with Gasteiger partial charge in [0.05, 0.1) is 22.5 Å². The van der Waals surface area contributed by atoms with Crippen LogP contribution in [0.1, 0.15) is 37.7 Å². The van der Waals surface area contributed by atoms with Gasteiger partial charge in [-0.2, -0.15) is 17.0 Å². The Balaban J connectivity index is 0.00000306. The van der Waals surface area contributed by atoms with E-state index >= 15 is 0 Å². The third-order valence-corrected chi connectivity index (χ3v) is 9.81. The molecule has 0 N–H and O–H groups in total. The van der Waals surface area contributed by atoms with Crippen LogP contribution in [0.25, 0.3) is 0 Å². The predicted molar refractivity (Wildman–Crippen MR) is 134 cm³/mol. The summed E-state index contributed by atoms with van der Waals surface area (Å²) in [6.45, 7) is 2.76. The summed E-state index contributed by atoms with van der Waals surface area (Å²) in [7, 11) is -0.405. The van der Waals surface area contributed by atoms with E-state index in [4.69, 9.17) is 23.2 Å². The highest BCUT2D eigenvalue weighted by atomic mass is 35.5. The number of likely N-dealkylation sites (tertiary alicyclic amines) is 1. The van der Waals surface area contributed by atoms with Gasteiger partial charge in [0.25, 0.3) is 10.2 Å². The zero-order valence-corrected chi connectivity index (χ0v) is 22.3. The molecule has 7 nitrogen and oxygen atoms in total. The van der Waals surface area contributed by atoms with Crippen molar-refractivity contribution in [2.45, 2.75) is 56.7 Å². The molecule has 2 aliphatic heterocycles. The molecule has 0 unspecified atom stereocenters. The fraction of sp³-hybridized carbons (Fsp3) is 0.682. The van der Waals surface area contributed by atoms with Gasteiger partial charge in [-0.1, -0.05) is 35.7 Å². The van der Waals surface area contributed by atoms with Crippen molar-refractivity contribution in [2.24, 2.45) is 0 Å². The summed E-state index contributed by atoms with van der Waals surface area (Å²) in [5, 5.41) is 0.899. The van der Waals surface area contributed by atoms with E-state index in [2.05, 4.69) is 4.90 Å². The Morgan fingerprint density at radius 3 is 2.30 bits per heavy atom. The van der Waals surface area contributed by atoms with Gasteiger partial charge in [-0.05, 0) is 56.5 Å². The SMILES string of the molecule is CN(C)S(=O)(=O)N1CCN(C(=O)Cc2ccc(Cl)c(Cl)c2)[C@@H]2[C@@H](N3CCCC3)CCC[C@@H]21.Cl. The number of nitrogens with zero attached hydrogens (tertiary/aromatic N) is 4. The van der Waals surface area contributed by atoms with Crippen LogP contribution in [0, 0.1) is 0 Å². The second kappa shape index (κ2) is 11.0. The molecule has 1 amide bonds. The summed E-state index contributed by atoms with van der Waals surface area (Å²) >= 11 is 12.2. The smallest absolute Gasteiger partial charge is 0.281 e. The van der Waals surface area contributed by atoms with Gasteiger partial charge in [-0.3, -0.25) is 9.69 Å². The molecular weight excluding hydrogens is 507 g/mol. The molecule has 1 aliphatic carbocycles. The second-order valence-electron chi connectivity index (χ2n) is 9.21. The molecule has 1 aromatic carbocycles. The molecule has 0 bridgehead atoms. The fourth-order valence-corrected chi connectivity index (χ4v) is 7.19. The van der Waals surface area contributed by atoms with Crippen LogP contribution in [0.15, 0.2) is 18.2 Å². The van der Waals surface area contributed by atoms with Crippen molar-refractivity contribution in [3.05, 3.63) is 33.8 Å². The summed E-state index contributed by atoms with van der Waals surface area (Å²) in [5.74, 6) is 0.0198. The van der Waals surface area contributed by atoms with Crippen LogP contribution >= 0.6 is 35.6 Å². The molecule has 4 rings (SSSR count). The lowest BCUT2D eigenvalue weighted by Crippen LogP contribution is -2.70. The highest BCUT2D eigenvalue weighted by molar-refractivity contribution is 7.86. The van der Waals surface area contributed by atoms with Crippen molar-refractivity contribution in [3.8, 4) is 0 Å². The van der Waals surface area contributed by atoms with Gasteiger partial charge in [0, 0.05) is 39.3 Å². The third-order valence-electron chi connectivity index (χ3n) is 7.11. The lowest BCUT2D eigenvalue weighted by Gasteiger charge is -2.54. The van der Waals surface area contributed by atoms with Crippen LogP contribution in [0.2, 0.25) is 10.0 Å². The molecule has 0 aromatic heterocycles. The van der Waals surface area contributed by atoms with Crippen LogP contribution in [0.5, 0.6) is 0 Å². The molecule has 0 spiro atoms. The Labute approximate surface area is 213 Å². The van der Waals surface area contributed by atoms with Crippen LogP contribution in [0.3, 0.4) is 0 Å². The quantitative estimate of drug-likeness (QED) is 0.576. The van der Waals surface area contributed by atoms with Crippen LogP contribution in [-0.4, -0.2) is 91.1 Å². The number of piperazine rings is 1. The molecule has 2 saturated heterocycles. The minimum Gasteiger partial charge on any atom is -0.335 e. The van der Waals surface area contributed by atoms with Gasteiger partial charge < -0.3 is 4.90 Å². The van der Waals surface area contributed by atoms with Gasteiger partial charge in [0.1, 0.15) is 0 Å². The highest BCUT2D eigenvalue weighted by Gasteiger charge is 2.50. The number of hydrogen-bond donors (Lipinski definition) is 0. The molecule has 0 radical (unpaired) electrons. The normalized spacial score (nSPS) is 26.8. The van der Waals surface area contributed by atoms with E-state index in [1.165, 1.54) is 4.31 Å². The lowest BCUT2D eigenvalue weighted by molar-refractivity contribution is -0.140. The first-order valence-corrected chi connectivity index (χ1v) is 13.5. The third kappa shape index (κ3) is 5.47. The van der Waals surface area contributed by atoms with Crippen molar-refractivity contribution in [1.82, 2.24) is 18.4 Å². The average molecular weight is 540 g/mol. The van der Waals surface area contributed by atoms with E-state index < -0.39 is 10.2 Å². The number of fused-ring (bicyclic) bond motifs is 1. The number of amides is 1. The summed E-state index contributed by atoms with van der Waals surface area (Å²) in [6.07, 6.45) is 5.28. The van der Waals surface area contributed by atoms with E-state index in [1.54, 1.807) is 30.5 Å².